The number of hydrogen-bond donors (Lipinski definition) is 1. The first-order valence-corrected chi connectivity index (χ1v) is 6.41. The molecule has 1 saturated heterocycles. The zero-order chi connectivity index (χ0) is 11.6. The van der Waals surface area contributed by atoms with E-state index in [1.54, 1.807) is 0 Å². The van der Waals surface area contributed by atoms with Gasteiger partial charge in [-0.05, 0) is 19.8 Å². The van der Waals surface area contributed by atoms with Crippen molar-refractivity contribution in [3.05, 3.63) is 0 Å². The summed E-state index contributed by atoms with van der Waals surface area (Å²) in [4.78, 5) is 13.8. The molecule has 1 fully saturated rings. The van der Waals surface area contributed by atoms with Gasteiger partial charge in [0.1, 0.15) is 0 Å². The number of rotatable bonds is 6. The molecule has 0 aromatic rings. The molecule has 1 rings (SSSR count). The fraction of sp³-hybridized carbons (Fsp3) is 0.917. The van der Waals surface area contributed by atoms with E-state index in [-0.39, 0.29) is 5.91 Å². The zero-order valence-corrected chi connectivity index (χ0v) is 10.3. The molecule has 1 heterocycles. The van der Waals surface area contributed by atoms with Crippen molar-refractivity contribution in [1.29, 1.82) is 0 Å². The van der Waals surface area contributed by atoms with E-state index >= 15 is 0 Å². The normalized spacial score (nSPS) is 17.2. The van der Waals surface area contributed by atoms with E-state index < -0.39 is 0 Å². The van der Waals surface area contributed by atoms with Gasteiger partial charge in [-0.1, -0.05) is 12.8 Å². The Balaban J connectivity index is 2.08. The lowest BCUT2D eigenvalue weighted by Gasteiger charge is -2.20. The smallest absolute Gasteiger partial charge is 0.236 e. The largest absolute Gasteiger partial charge is 0.380 e. The lowest BCUT2D eigenvalue weighted by Crippen LogP contribution is -2.39. The quantitative estimate of drug-likeness (QED) is 0.690. The average Bonchev–Trinajstić information content (AvgIpc) is 2.57. The van der Waals surface area contributed by atoms with Crippen LogP contribution in [-0.4, -0.2) is 50.2 Å². The minimum Gasteiger partial charge on any atom is -0.380 e. The van der Waals surface area contributed by atoms with E-state index in [1.165, 1.54) is 12.8 Å². The van der Waals surface area contributed by atoms with Gasteiger partial charge in [0.15, 0.2) is 0 Å². The summed E-state index contributed by atoms with van der Waals surface area (Å²) in [5.74, 6) is 0.235. The molecule has 1 aliphatic rings. The average molecular weight is 228 g/mol. The van der Waals surface area contributed by atoms with Crippen LogP contribution >= 0.6 is 0 Å². The molecule has 0 aliphatic carbocycles. The molecule has 0 bridgehead atoms. The highest BCUT2D eigenvalue weighted by Crippen LogP contribution is 2.09. The topological polar surface area (TPSA) is 41.6 Å². The number of nitrogens with one attached hydrogen (secondary N) is 1. The molecular weight excluding hydrogens is 204 g/mol. The Morgan fingerprint density at radius 3 is 2.56 bits per heavy atom. The molecule has 1 amide bonds. The van der Waals surface area contributed by atoms with Gasteiger partial charge in [0, 0.05) is 26.2 Å². The minimum absolute atomic E-state index is 0.235. The van der Waals surface area contributed by atoms with E-state index in [4.69, 9.17) is 4.74 Å². The van der Waals surface area contributed by atoms with Crippen LogP contribution in [0.1, 0.15) is 32.6 Å². The molecule has 0 radical (unpaired) electrons. The molecule has 1 aliphatic heterocycles. The number of likely N-dealkylation sites (tertiary alicyclic amines) is 1. The molecule has 0 spiro atoms. The SMILES string of the molecule is CCOCCNCC(=O)N1CCCCCC1. The number of carbonyl (C=O) groups is 1. The maximum atomic E-state index is 11.8. The van der Waals surface area contributed by atoms with Gasteiger partial charge < -0.3 is 15.0 Å². The van der Waals surface area contributed by atoms with Gasteiger partial charge >= 0.3 is 0 Å². The Morgan fingerprint density at radius 2 is 1.94 bits per heavy atom. The van der Waals surface area contributed by atoms with Crippen LogP contribution < -0.4 is 5.32 Å². The third-order valence-corrected chi connectivity index (χ3v) is 2.86. The predicted octanol–water partition coefficient (Wildman–Crippen LogP) is 1.02. The van der Waals surface area contributed by atoms with Crippen molar-refractivity contribution >= 4 is 5.91 Å². The maximum absolute atomic E-state index is 11.8. The van der Waals surface area contributed by atoms with Crippen molar-refractivity contribution in [2.75, 3.05) is 39.4 Å². The Bertz CT molecular complexity index is 189. The lowest BCUT2D eigenvalue weighted by molar-refractivity contribution is -0.130. The molecule has 94 valence electrons. The first-order chi connectivity index (χ1) is 7.84. The van der Waals surface area contributed by atoms with E-state index in [9.17, 15) is 4.79 Å². The lowest BCUT2D eigenvalue weighted by atomic mass is 10.2. The summed E-state index contributed by atoms with van der Waals surface area (Å²) in [6, 6.07) is 0. The number of ether oxygens (including phenoxy) is 1. The van der Waals surface area contributed by atoms with Crippen molar-refractivity contribution in [1.82, 2.24) is 10.2 Å². The fourth-order valence-electron chi connectivity index (χ4n) is 1.92. The summed E-state index contributed by atoms with van der Waals surface area (Å²) >= 11 is 0. The summed E-state index contributed by atoms with van der Waals surface area (Å²) < 4.78 is 5.19. The van der Waals surface area contributed by atoms with Gasteiger partial charge in [-0.3, -0.25) is 4.79 Å². The van der Waals surface area contributed by atoms with Gasteiger partial charge in [0.2, 0.25) is 5.91 Å². The first kappa shape index (κ1) is 13.5. The van der Waals surface area contributed by atoms with Crippen LogP contribution in [0.4, 0.5) is 0 Å². The highest BCUT2D eigenvalue weighted by atomic mass is 16.5. The molecule has 1 N–H and O–H groups in total. The van der Waals surface area contributed by atoms with Crippen LogP contribution in [0.3, 0.4) is 0 Å². The maximum Gasteiger partial charge on any atom is 0.236 e. The molecule has 4 nitrogen and oxygen atoms in total. The van der Waals surface area contributed by atoms with E-state index in [2.05, 4.69) is 5.32 Å². The molecule has 0 atom stereocenters. The minimum atomic E-state index is 0.235. The molecule has 0 aromatic heterocycles. The van der Waals surface area contributed by atoms with Gasteiger partial charge in [-0.2, -0.15) is 0 Å². The van der Waals surface area contributed by atoms with E-state index in [1.807, 2.05) is 11.8 Å². The number of hydrogen-bond acceptors (Lipinski definition) is 3. The highest BCUT2D eigenvalue weighted by molar-refractivity contribution is 5.78. The highest BCUT2D eigenvalue weighted by Gasteiger charge is 2.14. The van der Waals surface area contributed by atoms with Crippen molar-refractivity contribution in [3.63, 3.8) is 0 Å². The van der Waals surface area contributed by atoms with Gasteiger partial charge in [-0.15, -0.1) is 0 Å². The summed E-state index contributed by atoms with van der Waals surface area (Å²) in [5, 5.41) is 3.12. The molecule has 0 aromatic carbocycles. The Kier molecular flexibility index (Phi) is 7.17. The van der Waals surface area contributed by atoms with Crippen molar-refractivity contribution in [2.24, 2.45) is 0 Å². The number of nitrogens with zero attached hydrogens (tertiary/aromatic N) is 1. The predicted molar refractivity (Wildman–Crippen MR) is 64.4 cm³/mol. The summed E-state index contributed by atoms with van der Waals surface area (Å²) in [5.41, 5.74) is 0. The van der Waals surface area contributed by atoms with Crippen molar-refractivity contribution in [2.45, 2.75) is 32.6 Å². The molecule has 16 heavy (non-hydrogen) atoms. The fourth-order valence-corrected chi connectivity index (χ4v) is 1.92. The third-order valence-electron chi connectivity index (χ3n) is 2.86. The van der Waals surface area contributed by atoms with E-state index in [0.29, 0.717) is 13.2 Å². The van der Waals surface area contributed by atoms with Crippen LogP contribution in [0.5, 0.6) is 0 Å². The van der Waals surface area contributed by atoms with E-state index in [0.717, 1.165) is 39.1 Å². The number of carbonyl (C=O) groups excluding carboxylic acids is 1. The van der Waals surface area contributed by atoms with Gasteiger partial charge in [-0.25, -0.2) is 0 Å². The van der Waals surface area contributed by atoms with Gasteiger partial charge in [0.25, 0.3) is 0 Å². The van der Waals surface area contributed by atoms with Crippen molar-refractivity contribution in [3.8, 4) is 0 Å². The summed E-state index contributed by atoms with van der Waals surface area (Å²) in [7, 11) is 0. The molecular formula is C12H24N2O2. The third kappa shape index (κ3) is 5.47. The number of amides is 1. The second-order valence-electron chi connectivity index (χ2n) is 4.17. The Hall–Kier alpha value is -0.610. The van der Waals surface area contributed by atoms with Crippen LogP contribution in [0.15, 0.2) is 0 Å². The molecule has 0 unspecified atom stereocenters. The zero-order valence-electron chi connectivity index (χ0n) is 10.3. The summed E-state index contributed by atoms with van der Waals surface area (Å²) in [6.45, 7) is 6.48. The van der Waals surface area contributed by atoms with Crippen LogP contribution in [0, 0.1) is 0 Å². The molecule has 0 saturated carbocycles. The first-order valence-electron chi connectivity index (χ1n) is 6.41. The van der Waals surface area contributed by atoms with Crippen LogP contribution in [0.25, 0.3) is 0 Å². The standard InChI is InChI=1S/C12H24N2O2/c1-2-16-10-7-13-11-12(15)14-8-5-3-4-6-9-14/h13H,2-11H2,1H3. The Labute approximate surface area is 98.3 Å². The Morgan fingerprint density at radius 1 is 1.25 bits per heavy atom. The monoisotopic (exact) mass is 228 g/mol. The summed E-state index contributed by atoms with van der Waals surface area (Å²) in [6.07, 6.45) is 4.85. The van der Waals surface area contributed by atoms with Gasteiger partial charge in [0.05, 0.1) is 13.2 Å². The molecule has 4 heteroatoms. The van der Waals surface area contributed by atoms with Crippen molar-refractivity contribution < 1.29 is 9.53 Å². The second-order valence-corrected chi connectivity index (χ2v) is 4.17. The van der Waals surface area contributed by atoms with Crippen LogP contribution in [-0.2, 0) is 9.53 Å². The van der Waals surface area contributed by atoms with Crippen LogP contribution in [0.2, 0.25) is 0 Å². The second kappa shape index (κ2) is 8.53.